The molecule has 0 aliphatic heterocycles. The molecule has 0 aromatic heterocycles. The summed E-state index contributed by atoms with van der Waals surface area (Å²) in [6, 6.07) is 6.44. The lowest BCUT2D eigenvalue weighted by atomic mass is 9.93. The molecule has 0 fully saturated rings. The Kier molecular flexibility index (Phi) is 4.66. The molecular formula is C17H17ClO3. The van der Waals surface area contributed by atoms with Crippen LogP contribution < -0.4 is 0 Å². The summed E-state index contributed by atoms with van der Waals surface area (Å²) in [4.78, 5) is 12.0. The van der Waals surface area contributed by atoms with Crippen molar-refractivity contribution in [3.05, 3.63) is 64.7 Å². The zero-order valence-electron chi connectivity index (χ0n) is 12.0. The normalized spacial score (nSPS) is 22.0. The standard InChI is InChI=1S/C17H17ClO3/c1-17(21-2)10-9-12(14(18)11-17)7-8-16(20)13-5-3-4-6-15(13)19/h3-10,19H,11H2,1-2H3. The highest BCUT2D eigenvalue weighted by atomic mass is 35.5. The zero-order chi connectivity index (χ0) is 15.5. The van der Waals surface area contributed by atoms with Crippen molar-refractivity contribution in [2.45, 2.75) is 18.9 Å². The zero-order valence-corrected chi connectivity index (χ0v) is 12.7. The predicted molar refractivity (Wildman–Crippen MR) is 83.6 cm³/mol. The summed E-state index contributed by atoms with van der Waals surface area (Å²) in [5.74, 6) is -0.295. The summed E-state index contributed by atoms with van der Waals surface area (Å²) in [5.41, 5.74) is 0.637. The van der Waals surface area contributed by atoms with Crippen molar-refractivity contribution in [3.63, 3.8) is 0 Å². The maximum atomic E-state index is 12.0. The molecule has 1 aliphatic carbocycles. The Morgan fingerprint density at radius 3 is 2.76 bits per heavy atom. The number of ether oxygens (including phenoxy) is 1. The SMILES string of the molecule is COC1(C)C=CC(C=CC(=O)c2ccccc2O)=C(Cl)C1. The van der Waals surface area contributed by atoms with E-state index in [0.29, 0.717) is 11.5 Å². The van der Waals surface area contributed by atoms with Gasteiger partial charge in [-0.1, -0.05) is 35.9 Å². The van der Waals surface area contributed by atoms with Gasteiger partial charge < -0.3 is 9.84 Å². The van der Waals surface area contributed by atoms with Crippen LogP contribution in [-0.2, 0) is 4.74 Å². The molecule has 1 unspecified atom stereocenters. The highest BCUT2D eigenvalue weighted by Gasteiger charge is 2.25. The number of allylic oxidation sites excluding steroid dienone is 4. The van der Waals surface area contributed by atoms with E-state index in [1.807, 2.05) is 19.1 Å². The van der Waals surface area contributed by atoms with Crippen molar-refractivity contribution in [2.24, 2.45) is 0 Å². The monoisotopic (exact) mass is 304 g/mol. The first kappa shape index (κ1) is 15.5. The molecule has 1 aliphatic rings. The number of para-hydroxylation sites is 1. The molecule has 0 heterocycles. The molecule has 0 spiro atoms. The number of phenols is 1. The number of phenolic OH excluding ortho intramolecular Hbond substituents is 1. The third kappa shape index (κ3) is 3.63. The van der Waals surface area contributed by atoms with Crippen LogP contribution in [0.15, 0.2) is 59.2 Å². The van der Waals surface area contributed by atoms with Crippen molar-refractivity contribution in [1.82, 2.24) is 0 Å². The molecule has 1 aromatic carbocycles. The van der Waals surface area contributed by atoms with Crippen LogP contribution in [0.4, 0.5) is 0 Å². The summed E-state index contributed by atoms with van der Waals surface area (Å²) < 4.78 is 5.38. The molecule has 0 saturated heterocycles. The molecule has 3 nitrogen and oxygen atoms in total. The second-order valence-corrected chi connectivity index (χ2v) is 5.56. The number of aromatic hydroxyl groups is 1. The Bertz CT molecular complexity index is 643. The maximum Gasteiger partial charge on any atom is 0.189 e. The van der Waals surface area contributed by atoms with Gasteiger partial charge in [0, 0.05) is 18.6 Å². The molecule has 1 N–H and O–H groups in total. The van der Waals surface area contributed by atoms with Crippen LogP contribution in [0.25, 0.3) is 0 Å². The van der Waals surface area contributed by atoms with Gasteiger partial charge in [0.15, 0.2) is 5.78 Å². The second kappa shape index (κ2) is 6.29. The van der Waals surface area contributed by atoms with E-state index >= 15 is 0 Å². The van der Waals surface area contributed by atoms with Gasteiger partial charge in [0.25, 0.3) is 0 Å². The minimum absolute atomic E-state index is 0.0293. The summed E-state index contributed by atoms with van der Waals surface area (Å²) in [5, 5.41) is 10.3. The minimum Gasteiger partial charge on any atom is -0.507 e. The lowest BCUT2D eigenvalue weighted by Gasteiger charge is -2.27. The number of ketones is 1. The van der Waals surface area contributed by atoms with Crippen LogP contribution >= 0.6 is 11.6 Å². The van der Waals surface area contributed by atoms with E-state index in [2.05, 4.69) is 0 Å². The van der Waals surface area contributed by atoms with Gasteiger partial charge in [-0.2, -0.15) is 0 Å². The number of methoxy groups -OCH3 is 1. The van der Waals surface area contributed by atoms with Crippen LogP contribution in [0, 0.1) is 0 Å². The largest absolute Gasteiger partial charge is 0.507 e. The molecule has 4 heteroatoms. The fraction of sp³-hybridized carbons (Fsp3) is 0.235. The number of carbonyl (C=O) groups excluding carboxylic acids is 1. The number of benzene rings is 1. The Morgan fingerprint density at radius 1 is 1.43 bits per heavy atom. The van der Waals surface area contributed by atoms with Crippen molar-refractivity contribution < 1.29 is 14.6 Å². The molecule has 1 atom stereocenters. The highest BCUT2D eigenvalue weighted by Crippen LogP contribution is 2.32. The number of hydrogen-bond acceptors (Lipinski definition) is 3. The Morgan fingerprint density at radius 2 is 2.14 bits per heavy atom. The Labute approximate surface area is 129 Å². The summed E-state index contributed by atoms with van der Waals surface area (Å²) in [7, 11) is 1.64. The summed E-state index contributed by atoms with van der Waals surface area (Å²) in [6.45, 7) is 1.94. The van der Waals surface area contributed by atoms with Gasteiger partial charge in [-0.05, 0) is 36.8 Å². The second-order valence-electron chi connectivity index (χ2n) is 5.10. The van der Waals surface area contributed by atoms with Gasteiger partial charge >= 0.3 is 0 Å². The third-order valence-corrected chi connectivity index (χ3v) is 3.84. The van der Waals surface area contributed by atoms with Gasteiger partial charge in [-0.25, -0.2) is 0 Å². The fourth-order valence-electron chi connectivity index (χ4n) is 2.05. The van der Waals surface area contributed by atoms with E-state index in [9.17, 15) is 9.90 Å². The van der Waals surface area contributed by atoms with Gasteiger partial charge in [0.05, 0.1) is 11.2 Å². The average Bonchev–Trinajstić information content (AvgIpc) is 2.46. The topological polar surface area (TPSA) is 46.5 Å². The highest BCUT2D eigenvalue weighted by molar-refractivity contribution is 6.30. The molecule has 2 rings (SSSR count). The first-order valence-corrected chi connectivity index (χ1v) is 6.96. The fourth-order valence-corrected chi connectivity index (χ4v) is 2.44. The molecule has 21 heavy (non-hydrogen) atoms. The van der Waals surface area contributed by atoms with Crippen molar-refractivity contribution >= 4 is 17.4 Å². The van der Waals surface area contributed by atoms with E-state index in [0.717, 1.165) is 5.57 Å². The molecular weight excluding hydrogens is 288 g/mol. The van der Waals surface area contributed by atoms with E-state index in [1.165, 1.54) is 12.1 Å². The number of rotatable bonds is 4. The van der Waals surface area contributed by atoms with E-state index in [-0.39, 0.29) is 17.1 Å². The van der Waals surface area contributed by atoms with Crippen molar-refractivity contribution in [3.8, 4) is 5.75 Å². The molecule has 110 valence electrons. The molecule has 0 amide bonds. The van der Waals surface area contributed by atoms with Crippen LogP contribution in [-0.4, -0.2) is 23.6 Å². The van der Waals surface area contributed by atoms with E-state index in [1.54, 1.807) is 31.4 Å². The Balaban J connectivity index is 2.16. The van der Waals surface area contributed by atoms with Crippen molar-refractivity contribution in [2.75, 3.05) is 7.11 Å². The number of carbonyl (C=O) groups is 1. The average molecular weight is 305 g/mol. The van der Waals surface area contributed by atoms with Gasteiger partial charge in [0.2, 0.25) is 0 Å². The first-order chi connectivity index (χ1) is 9.95. The molecule has 0 radical (unpaired) electrons. The van der Waals surface area contributed by atoms with E-state index in [4.69, 9.17) is 16.3 Å². The lowest BCUT2D eigenvalue weighted by molar-refractivity contribution is 0.0494. The number of halogens is 1. The molecule has 1 aromatic rings. The van der Waals surface area contributed by atoms with E-state index < -0.39 is 5.60 Å². The third-order valence-electron chi connectivity index (χ3n) is 3.48. The Hall–Kier alpha value is -1.84. The van der Waals surface area contributed by atoms with Crippen LogP contribution in [0.5, 0.6) is 5.75 Å². The smallest absolute Gasteiger partial charge is 0.189 e. The molecule has 0 saturated carbocycles. The van der Waals surface area contributed by atoms with Crippen LogP contribution in [0.3, 0.4) is 0 Å². The first-order valence-electron chi connectivity index (χ1n) is 6.58. The maximum absolute atomic E-state index is 12.0. The van der Waals surface area contributed by atoms with Crippen LogP contribution in [0.1, 0.15) is 23.7 Å². The van der Waals surface area contributed by atoms with Gasteiger partial charge in [-0.3, -0.25) is 4.79 Å². The quantitative estimate of drug-likeness (QED) is 0.676. The van der Waals surface area contributed by atoms with Crippen LogP contribution in [0.2, 0.25) is 0 Å². The predicted octanol–water partition coefficient (Wildman–Crippen LogP) is 3.99. The number of hydrogen-bond donors (Lipinski definition) is 1. The van der Waals surface area contributed by atoms with Crippen molar-refractivity contribution in [1.29, 1.82) is 0 Å². The van der Waals surface area contributed by atoms with Gasteiger partial charge in [-0.15, -0.1) is 0 Å². The van der Waals surface area contributed by atoms with Gasteiger partial charge in [0.1, 0.15) is 5.75 Å². The minimum atomic E-state index is -0.407. The molecule has 0 bridgehead atoms. The summed E-state index contributed by atoms with van der Waals surface area (Å²) >= 11 is 6.24. The summed E-state index contributed by atoms with van der Waals surface area (Å²) in [6.07, 6.45) is 7.38. The lowest BCUT2D eigenvalue weighted by Crippen LogP contribution is -2.26.